The summed E-state index contributed by atoms with van der Waals surface area (Å²) in [7, 11) is 3.15. The highest BCUT2D eigenvalue weighted by Gasteiger charge is 2.24. The van der Waals surface area contributed by atoms with E-state index in [4.69, 9.17) is 9.47 Å². The second-order valence-electron chi connectivity index (χ2n) is 4.81. The minimum absolute atomic E-state index is 0.185. The molecule has 6 nitrogen and oxygen atoms in total. The zero-order valence-electron chi connectivity index (χ0n) is 13.1. The van der Waals surface area contributed by atoms with E-state index in [0.717, 1.165) is 5.56 Å². The van der Waals surface area contributed by atoms with Crippen LogP contribution in [0.2, 0.25) is 0 Å². The van der Waals surface area contributed by atoms with Crippen LogP contribution >= 0.6 is 11.8 Å². The minimum Gasteiger partial charge on any atom is -0.497 e. The molecule has 122 valence electrons. The lowest BCUT2D eigenvalue weighted by molar-refractivity contribution is -0.115. The summed E-state index contributed by atoms with van der Waals surface area (Å²) in [6.45, 7) is 0. The van der Waals surface area contributed by atoms with Crippen LogP contribution in [0.25, 0.3) is 6.08 Å². The molecule has 24 heavy (non-hydrogen) atoms. The Labute approximate surface area is 143 Å². The van der Waals surface area contributed by atoms with E-state index in [0.29, 0.717) is 27.3 Å². The number of aromatic nitrogens is 1. The van der Waals surface area contributed by atoms with E-state index in [-0.39, 0.29) is 5.91 Å². The van der Waals surface area contributed by atoms with Crippen molar-refractivity contribution in [2.75, 3.05) is 14.2 Å². The summed E-state index contributed by atoms with van der Waals surface area (Å²) in [4.78, 5) is 21.1. The fourth-order valence-corrected chi connectivity index (χ4v) is 2.91. The third-order valence-corrected chi connectivity index (χ3v) is 4.15. The Bertz CT molecular complexity index is 819. The molecule has 1 aromatic heterocycles. The van der Waals surface area contributed by atoms with Gasteiger partial charge in [0.1, 0.15) is 17.2 Å². The van der Waals surface area contributed by atoms with Crippen molar-refractivity contribution in [3.05, 3.63) is 53.2 Å². The van der Waals surface area contributed by atoms with Crippen LogP contribution in [0.4, 0.5) is 5.69 Å². The Morgan fingerprint density at radius 2 is 2.12 bits per heavy atom. The second kappa shape index (κ2) is 7.18. The summed E-state index contributed by atoms with van der Waals surface area (Å²) in [5.74, 6) is 1.06. The zero-order valence-corrected chi connectivity index (χ0v) is 14.0. The number of amidine groups is 1. The molecule has 1 aliphatic heterocycles. The number of carbonyl (C=O) groups is 1. The van der Waals surface area contributed by atoms with E-state index in [1.165, 1.54) is 11.8 Å². The molecule has 0 unspecified atom stereocenters. The van der Waals surface area contributed by atoms with Crippen LogP contribution in [0.5, 0.6) is 11.5 Å². The number of ether oxygens (including phenoxy) is 2. The highest BCUT2D eigenvalue weighted by molar-refractivity contribution is 8.18. The highest BCUT2D eigenvalue weighted by atomic mass is 32.2. The van der Waals surface area contributed by atoms with Crippen LogP contribution in [-0.4, -0.2) is 30.3 Å². The molecule has 1 saturated heterocycles. The van der Waals surface area contributed by atoms with E-state index in [1.807, 2.05) is 12.1 Å². The van der Waals surface area contributed by atoms with Crippen molar-refractivity contribution in [2.24, 2.45) is 4.99 Å². The van der Waals surface area contributed by atoms with Crippen LogP contribution in [-0.2, 0) is 4.79 Å². The van der Waals surface area contributed by atoms with Crippen LogP contribution in [0.3, 0.4) is 0 Å². The number of pyridine rings is 1. The number of hydrogen-bond donors (Lipinski definition) is 1. The summed E-state index contributed by atoms with van der Waals surface area (Å²) >= 11 is 1.27. The maximum atomic E-state index is 12.1. The normalized spacial score (nSPS) is 17.2. The number of hydrogen-bond acceptors (Lipinski definition) is 6. The van der Waals surface area contributed by atoms with Gasteiger partial charge in [-0.2, -0.15) is 0 Å². The molecule has 2 aromatic rings. The van der Waals surface area contributed by atoms with Gasteiger partial charge in [-0.05, 0) is 41.6 Å². The number of carbonyl (C=O) groups excluding carboxylic acids is 1. The maximum Gasteiger partial charge on any atom is 0.264 e. The van der Waals surface area contributed by atoms with E-state index in [9.17, 15) is 4.79 Å². The number of rotatable bonds is 4. The largest absolute Gasteiger partial charge is 0.497 e. The smallest absolute Gasteiger partial charge is 0.264 e. The molecular formula is C17H15N3O3S. The number of nitrogens with one attached hydrogen (secondary N) is 1. The fourth-order valence-electron chi connectivity index (χ4n) is 2.08. The average Bonchev–Trinajstić information content (AvgIpc) is 2.95. The lowest BCUT2D eigenvalue weighted by atomic mass is 10.2. The van der Waals surface area contributed by atoms with E-state index in [1.54, 1.807) is 50.9 Å². The second-order valence-corrected chi connectivity index (χ2v) is 5.84. The zero-order chi connectivity index (χ0) is 16.9. The lowest BCUT2D eigenvalue weighted by Crippen LogP contribution is -2.19. The Morgan fingerprint density at radius 3 is 2.83 bits per heavy atom. The van der Waals surface area contributed by atoms with Gasteiger partial charge in [-0.25, -0.2) is 4.99 Å². The molecule has 7 heteroatoms. The van der Waals surface area contributed by atoms with Crippen molar-refractivity contribution < 1.29 is 14.3 Å². The van der Waals surface area contributed by atoms with Gasteiger partial charge in [-0.15, -0.1) is 0 Å². The predicted octanol–water partition coefficient (Wildman–Crippen LogP) is 2.99. The van der Waals surface area contributed by atoms with Crippen molar-refractivity contribution in [1.82, 2.24) is 10.3 Å². The first-order chi connectivity index (χ1) is 11.7. The van der Waals surface area contributed by atoms with Crippen LogP contribution in [0.15, 0.2) is 52.6 Å². The maximum absolute atomic E-state index is 12.1. The third kappa shape index (κ3) is 3.57. The van der Waals surface area contributed by atoms with Crippen molar-refractivity contribution >= 4 is 34.6 Å². The first kappa shape index (κ1) is 16.1. The minimum atomic E-state index is -0.185. The molecule has 0 spiro atoms. The molecule has 1 aromatic carbocycles. The molecule has 1 N–H and O–H groups in total. The van der Waals surface area contributed by atoms with Gasteiger partial charge in [0.05, 0.1) is 19.1 Å². The molecule has 0 atom stereocenters. The summed E-state index contributed by atoms with van der Waals surface area (Å²) in [6, 6.07) is 9.01. The number of nitrogens with zero attached hydrogens (tertiary/aromatic N) is 2. The van der Waals surface area contributed by atoms with Gasteiger partial charge in [-0.1, -0.05) is 6.07 Å². The number of amides is 1. The van der Waals surface area contributed by atoms with Gasteiger partial charge in [0, 0.05) is 18.5 Å². The SMILES string of the molecule is COc1ccc(N=C2NC(=O)/C(=C/c3cccnc3)S2)c(OC)c1. The number of benzene rings is 1. The highest BCUT2D eigenvalue weighted by Crippen LogP contribution is 2.34. The van der Waals surface area contributed by atoms with E-state index >= 15 is 0 Å². The topological polar surface area (TPSA) is 72.8 Å². The predicted molar refractivity (Wildman–Crippen MR) is 94.6 cm³/mol. The first-order valence-corrected chi connectivity index (χ1v) is 7.93. The summed E-state index contributed by atoms with van der Waals surface area (Å²) in [5, 5.41) is 3.25. The Morgan fingerprint density at radius 1 is 1.25 bits per heavy atom. The third-order valence-electron chi connectivity index (χ3n) is 3.24. The number of aliphatic imine (C=N–C) groups is 1. The molecule has 0 aliphatic carbocycles. The van der Waals surface area contributed by atoms with Crippen LogP contribution in [0, 0.1) is 0 Å². The van der Waals surface area contributed by atoms with Crippen LogP contribution in [0.1, 0.15) is 5.56 Å². The van der Waals surface area contributed by atoms with Crippen molar-refractivity contribution in [3.8, 4) is 11.5 Å². The number of methoxy groups -OCH3 is 2. The molecule has 0 radical (unpaired) electrons. The van der Waals surface area contributed by atoms with E-state index < -0.39 is 0 Å². The lowest BCUT2D eigenvalue weighted by Gasteiger charge is -2.07. The van der Waals surface area contributed by atoms with Crippen molar-refractivity contribution in [3.63, 3.8) is 0 Å². The molecule has 1 amide bonds. The molecular weight excluding hydrogens is 326 g/mol. The molecule has 0 saturated carbocycles. The molecule has 1 fully saturated rings. The van der Waals surface area contributed by atoms with Crippen molar-refractivity contribution in [1.29, 1.82) is 0 Å². The fraction of sp³-hybridized carbons (Fsp3) is 0.118. The Balaban J connectivity index is 1.86. The standard InChI is InChI=1S/C17H15N3O3S/c1-22-12-5-6-13(14(9-12)23-2)19-17-20-16(21)15(24-17)8-11-4-3-7-18-10-11/h3-10H,1-2H3,(H,19,20,21)/b15-8-. The van der Waals surface area contributed by atoms with Gasteiger partial charge >= 0.3 is 0 Å². The average molecular weight is 341 g/mol. The molecule has 0 bridgehead atoms. The molecule has 2 heterocycles. The quantitative estimate of drug-likeness (QED) is 0.866. The summed E-state index contributed by atoms with van der Waals surface area (Å²) in [5.41, 5.74) is 1.47. The summed E-state index contributed by atoms with van der Waals surface area (Å²) < 4.78 is 10.5. The molecule has 1 aliphatic rings. The first-order valence-electron chi connectivity index (χ1n) is 7.11. The van der Waals surface area contributed by atoms with Crippen LogP contribution < -0.4 is 14.8 Å². The van der Waals surface area contributed by atoms with Gasteiger partial charge in [0.25, 0.3) is 5.91 Å². The molecule has 3 rings (SSSR count). The van der Waals surface area contributed by atoms with Gasteiger partial charge < -0.3 is 14.8 Å². The van der Waals surface area contributed by atoms with Gasteiger partial charge in [0.2, 0.25) is 0 Å². The Hall–Kier alpha value is -2.80. The Kier molecular flexibility index (Phi) is 4.81. The van der Waals surface area contributed by atoms with Gasteiger partial charge in [-0.3, -0.25) is 9.78 Å². The number of thioether (sulfide) groups is 1. The summed E-state index contributed by atoms with van der Waals surface area (Å²) in [6.07, 6.45) is 5.16. The monoisotopic (exact) mass is 341 g/mol. The van der Waals surface area contributed by atoms with Crippen molar-refractivity contribution in [2.45, 2.75) is 0 Å². The van der Waals surface area contributed by atoms with Gasteiger partial charge in [0.15, 0.2) is 5.17 Å². The van der Waals surface area contributed by atoms with E-state index in [2.05, 4.69) is 15.3 Å².